The van der Waals surface area contributed by atoms with E-state index in [1.807, 2.05) is 0 Å². The molecule has 0 bridgehead atoms. The van der Waals surface area contributed by atoms with Crippen LogP contribution >= 0.6 is 12.4 Å². The lowest BCUT2D eigenvalue weighted by Gasteiger charge is -2.18. The zero-order valence-electron chi connectivity index (χ0n) is 6.01. The van der Waals surface area contributed by atoms with Crippen LogP contribution in [0.4, 0.5) is 0 Å². The fraction of sp³-hybridized carbons (Fsp3) is 0.857. The van der Waals surface area contributed by atoms with Crippen LogP contribution in [0.15, 0.2) is 0 Å². The molecule has 10 heavy (non-hydrogen) atoms. The summed E-state index contributed by atoms with van der Waals surface area (Å²) in [4.78, 5) is 10.7. The van der Waals surface area contributed by atoms with E-state index in [9.17, 15) is 4.79 Å². The third-order valence-corrected chi connectivity index (χ3v) is 2.00. The Labute approximate surface area is 67.6 Å². The van der Waals surface area contributed by atoms with Crippen LogP contribution in [0.25, 0.3) is 0 Å². The van der Waals surface area contributed by atoms with Gasteiger partial charge in [0.15, 0.2) is 0 Å². The van der Waals surface area contributed by atoms with Crippen LogP contribution in [0, 0.1) is 5.92 Å². The Balaban J connectivity index is 0.000000810. The molecule has 1 saturated carbocycles. The third kappa shape index (κ3) is 2.67. The van der Waals surface area contributed by atoms with Gasteiger partial charge in [-0.15, -0.1) is 12.4 Å². The Bertz CT molecular complexity index is 106. The Morgan fingerprint density at radius 3 is 2.30 bits per heavy atom. The van der Waals surface area contributed by atoms with Crippen LogP contribution in [0.5, 0.6) is 0 Å². The zero-order valence-corrected chi connectivity index (χ0v) is 6.82. The molecule has 0 aromatic rings. The first-order valence-electron chi connectivity index (χ1n) is 3.54. The molecule has 0 heterocycles. The molecule has 0 atom stereocenters. The summed E-state index contributed by atoms with van der Waals surface area (Å²) in [7, 11) is 0. The number of Topliss-reactive ketones (excluding diaryl/α,β-unsaturated/α-hetero) is 1. The minimum absolute atomic E-state index is 0. The normalized spacial score (nSPS) is 20.3. The number of hydrogen-bond acceptors (Lipinski definition) is 2. The Kier molecular flexibility index (Phi) is 4.65. The molecule has 1 aliphatic carbocycles. The molecule has 0 saturated heterocycles. The minimum Gasteiger partial charge on any atom is -0.330 e. The Morgan fingerprint density at radius 1 is 1.40 bits per heavy atom. The van der Waals surface area contributed by atoms with Gasteiger partial charge in [0.2, 0.25) is 0 Å². The molecule has 2 N–H and O–H groups in total. The van der Waals surface area contributed by atoms with E-state index in [1.54, 1.807) is 0 Å². The van der Waals surface area contributed by atoms with Crippen molar-refractivity contribution in [3.8, 4) is 0 Å². The lowest BCUT2D eigenvalue weighted by molar-refractivity contribution is -0.120. The summed E-state index contributed by atoms with van der Waals surface area (Å²) in [6.07, 6.45) is 3.58. The topological polar surface area (TPSA) is 43.1 Å². The number of hydrogen-bond donors (Lipinski definition) is 1. The maximum Gasteiger partial charge on any atom is 0.132 e. The van der Waals surface area contributed by atoms with Crippen LogP contribution < -0.4 is 5.73 Å². The van der Waals surface area contributed by atoms with E-state index in [2.05, 4.69) is 0 Å². The van der Waals surface area contributed by atoms with E-state index in [-0.39, 0.29) is 12.4 Å². The molecular formula is C7H14ClNO. The van der Waals surface area contributed by atoms with Crippen LogP contribution in [-0.2, 0) is 4.79 Å². The largest absolute Gasteiger partial charge is 0.330 e. The van der Waals surface area contributed by atoms with Crippen molar-refractivity contribution in [2.24, 2.45) is 11.7 Å². The Morgan fingerprint density at radius 2 is 1.90 bits per heavy atom. The Hall–Kier alpha value is -0.0800. The molecule has 2 nitrogen and oxygen atoms in total. The lowest BCUT2D eigenvalue weighted by atomic mass is 9.89. The van der Waals surface area contributed by atoms with Crippen molar-refractivity contribution in [2.45, 2.75) is 25.7 Å². The van der Waals surface area contributed by atoms with E-state index in [1.165, 1.54) is 0 Å². The van der Waals surface area contributed by atoms with Crippen molar-refractivity contribution >= 4 is 18.2 Å². The highest BCUT2D eigenvalue weighted by molar-refractivity contribution is 5.85. The molecule has 0 aliphatic heterocycles. The van der Waals surface area contributed by atoms with Gasteiger partial charge in [0, 0.05) is 12.8 Å². The van der Waals surface area contributed by atoms with Crippen molar-refractivity contribution in [1.82, 2.24) is 0 Å². The smallest absolute Gasteiger partial charge is 0.132 e. The zero-order chi connectivity index (χ0) is 6.69. The fourth-order valence-corrected chi connectivity index (χ4v) is 1.24. The van der Waals surface area contributed by atoms with Gasteiger partial charge in [0.05, 0.1) is 0 Å². The maximum atomic E-state index is 10.7. The molecule has 0 amide bonds. The van der Waals surface area contributed by atoms with Gasteiger partial charge >= 0.3 is 0 Å². The number of carbonyl (C=O) groups excluding carboxylic acids is 1. The SMILES string of the molecule is Cl.NCC1CCC(=O)CC1. The van der Waals surface area contributed by atoms with Gasteiger partial charge in [0.1, 0.15) is 5.78 Å². The maximum absolute atomic E-state index is 10.7. The molecule has 0 aromatic heterocycles. The van der Waals surface area contributed by atoms with Crippen LogP contribution in [0.1, 0.15) is 25.7 Å². The van der Waals surface area contributed by atoms with E-state index in [4.69, 9.17) is 5.73 Å². The molecule has 3 heteroatoms. The number of halogens is 1. The highest BCUT2D eigenvalue weighted by Crippen LogP contribution is 2.19. The second-order valence-corrected chi connectivity index (χ2v) is 2.72. The van der Waals surface area contributed by atoms with Gasteiger partial charge in [-0.2, -0.15) is 0 Å². The summed E-state index contributed by atoms with van der Waals surface area (Å²) < 4.78 is 0. The second kappa shape index (κ2) is 4.69. The molecule has 0 radical (unpaired) electrons. The van der Waals surface area contributed by atoms with Gasteiger partial charge in [-0.1, -0.05) is 0 Å². The quantitative estimate of drug-likeness (QED) is 0.630. The predicted octanol–water partition coefficient (Wildman–Crippen LogP) is 1.13. The molecular weight excluding hydrogens is 150 g/mol. The lowest BCUT2D eigenvalue weighted by Crippen LogP contribution is -2.20. The van der Waals surface area contributed by atoms with Crippen LogP contribution in [0.2, 0.25) is 0 Å². The summed E-state index contributed by atoms with van der Waals surface area (Å²) in [5.41, 5.74) is 5.44. The highest BCUT2D eigenvalue weighted by atomic mass is 35.5. The van der Waals surface area contributed by atoms with Crippen LogP contribution in [0.3, 0.4) is 0 Å². The first-order valence-corrected chi connectivity index (χ1v) is 3.54. The standard InChI is InChI=1S/C7H13NO.ClH/c8-5-6-1-3-7(9)4-2-6;/h6H,1-5,8H2;1H. The number of ketones is 1. The summed E-state index contributed by atoms with van der Waals surface area (Å²) >= 11 is 0. The van der Waals surface area contributed by atoms with Crippen molar-refractivity contribution < 1.29 is 4.79 Å². The minimum atomic E-state index is 0. The number of carbonyl (C=O) groups is 1. The molecule has 1 fully saturated rings. The predicted molar refractivity (Wildman–Crippen MR) is 43.3 cm³/mol. The van der Waals surface area contributed by atoms with Gasteiger partial charge < -0.3 is 5.73 Å². The van der Waals surface area contributed by atoms with Crippen molar-refractivity contribution in [3.63, 3.8) is 0 Å². The van der Waals surface area contributed by atoms with Gasteiger partial charge in [-0.25, -0.2) is 0 Å². The first kappa shape index (κ1) is 9.92. The van der Waals surface area contributed by atoms with E-state index in [0.717, 1.165) is 32.2 Å². The summed E-state index contributed by atoms with van der Waals surface area (Å²) in [5, 5.41) is 0. The molecule has 1 aliphatic rings. The van der Waals surface area contributed by atoms with Gasteiger partial charge in [-0.3, -0.25) is 4.79 Å². The van der Waals surface area contributed by atoms with Crippen molar-refractivity contribution in [2.75, 3.05) is 6.54 Å². The molecule has 1 rings (SSSR count). The molecule has 60 valence electrons. The van der Waals surface area contributed by atoms with Gasteiger partial charge in [-0.05, 0) is 25.3 Å². The monoisotopic (exact) mass is 163 g/mol. The molecule has 0 aromatic carbocycles. The average molecular weight is 164 g/mol. The molecule has 0 spiro atoms. The number of nitrogens with two attached hydrogens (primary N) is 1. The van der Waals surface area contributed by atoms with Crippen molar-refractivity contribution in [1.29, 1.82) is 0 Å². The fourth-order valence-electron chi connectivity index (χ4n) is 1.24. The summed E-state index contributed by atoms with van der Waals surface area (Å²) in [6, 6.07) is 0. The molecule has 0 unspecified atom stereocenters. The van der Waals surface area contributed by atoms with E-state index < -0.39 is 0 Å². The third-order valence-electron chi connectivity index (χ3n) is 2.00. The number of rotatable bonds is 1. The second-order valence-electron chi connectivity index (χ2n) is 2.72. The van der Waals surface area contributed by atoms with Gasteiger partial charge in [0.25, 0.3) is 0 Å². The summed E-state index contributed by atoms with van der Waals surface area (Å²) in [6.45, 7) is 0.757. The summed E-state index contributed by atoms with van der Waals surface area (Å²) in [5.74, 6) is 1.04. The van der Waals surface area contributed by atoms with Crippen molar-refractivity contribution in [3.05, 3.63) is 0 Å². The van der Waals surface area contributed by atoms with E-state index in [0.29, 0.717) is 11.7 Å². The first-order chi connectivity index (χ1) is 4.33. The van der Waals surface area contributed by atoms with Crippen LogP contribution in [-0.4, -0.2) is 12.3 Å². The highest BCUT2D eigenvalue weighted by Gasteiger charge is 2.16. The van der Waals surface area contributed by atoms with E-state index >= 15 is 0 Å². The average Bonchev–Trinajstić information content (AvgIpc) is 1.90.